The van der Waals surface area contributed by atoms with Crippen LogP contribution < -0.4 is 5.73 Å². The molecule has 5 heteroatoms. The normalized spacial score (nSPS) is 12.1. The van der Waals surface area contributed by atoms with Crippen LogP contribution in [0.2, 0.25) is 0 Å². The van der Waals surface area contributed by atoms with Crippen LogP contribution in [0, 0.1) is 0 Å². The molecule has 0 saturated carbocycles. The summed E-state index contributed by atoms with van der Waals surface area (Å²) >= 11 is 0. The maximum atomic E-state index is 11.5. The van der Waals surface area contributed by atoms with E-state index in [4.69, 9.17) is 9.84 Å². The van der Waals surface area contributed by atoms with E-state index in [1.54, 1.807) is 6.07 Å². The number of rotatable bonds is 5. The minimum Gasteiger partial charge on any atom is -0.504 e. The molecule has 0 fully saturated rings. The minimum atomic E-state index is -0.509. The fourth-order valence-corrected chi connectivity index (χ4v) is 1.38. The van der Waals surface area contributed by atoms with Gasteiger partial charge in [-0.05, 0) is 24.1 Å². The lowest BCUT2D eigenvalue weighted by Gasteiger charge is -2.09. The van der Waals surface area contributed by atoms with E-state index in [1.165, 1.54) is 12.1 Å². The smallest absolute Gasteiger partial charge is 0.365 e. The summed E-state index contributed by atoms with van der Waals surface area (Å²) in [5, 5.41) is 18.5. The number of carbonyl (C=O) groups excluding carboxylic acids is 1. The zero-order chi connectivity index (χ0) is 12.8. The molecule has 0 radical (unpaired) electrons. The Morgan fingerprint density at radius 3 is 2.71 bits per heavy atom. The van der Waals surface area contributed by atoms with E-state index in [0.29, 0.717) is 13.0 Å². The van der Waals surface area contributed by atoms with Crippen LogP contribution in [0.15, 0.2) is 18.2 Å². The first-order valence-electron chi connectivity index (χ1n) is 5.55. The van der Waals surface area contributed by atoms with Crippen molar-refractivity contribution in [2.75, 3.05) is 6.61 Å². The van der Waals surface area contributed by atoms with Gasteiger partial charge in [-0.3, -0.25) is 0 Å². The standard InChI is InChI=1S/C12H17NO4/c1-2-5-17-12(16)9(13)6-8-3-4-10(14)11(15)7-8/h3-4,7,9,14-15H,2,5-6,13H2,1H3/p+1/t9-/m0/s1. The molecule has 1 aromatic carbocycles. The maximum absolute atomic E-state index is 11.5. The molecule has 94 valence electrons. The topological polar surface area (TPSA) is 94.4 Å². The second-order valence-electron chi connectivity index (χ2n) is 3.89. The van der Waals surface area contributed by atoms with E-state index in [-0.39, 0.29) is 17.5 Å². The van der Waals surface area contributed by atoms with Crippen molar-refractivity contribution in [3.8, 4) is 11.5 Å². The molecule has 1 aromatic rings. The third kappa shape index (κ3) is 3.96. The van der Waals surface area contributed by atoms with E-state index in [0.717, 1.165) is 12.0 Å². The number of ether oxygens (including phenoxy) is 1. The molecule has 17 heavy (non-hydrogen) atoms. The zero-order valence-corrected chi connectivity index (χ0v) is 9.85. The van der Waals surface area contributed by atoms with Crippen LogP contribution >= 0.6 is 0 Å². The van der Waals surface area contributed by atoms with Gasteiger partial charge >= 0.3 is 5.97 Å². The van der Waals surface area contributed by atoms with Gasteiger partial charge in [0.1, 0.15) is 0 Å². The van der Waals surface area contributed by atoms with Crippen molar-refractivity contribution in [2.45, 2.75) is 25.8 Å². The average Bonchev–Trinajstić information content (AvgIpc) is 2.30. The Labute approximate surface area is 99.8 Å². The van der Waals surface area contributed by atoms with Crippen molar-refractivity contribution in [1.29, 1.82) is 0 Å². The average molecular weight is 240 g/mol. The molecular formula is C12H18NO4+. The summed E-state index contributed by atoms with van der Waals surface area (Å²) in [4.78, 5) is 11.5. The van der Waals surface area contributed by atoms with Crippen molar-refractivity contribution in [2.24, 2.45) is 0 Å². The lowest BCUT2D eigenvalue weighted by atomic mass is 10.1. The number of aromatic hydroxyl groups is 2. The lowest BCUT2D eigenvalue weighted by Crippen LogP contribution is -2.66. The second kappa shape index (κ2) is 6.10. The molecule has 0 bridgehead atoms. The SMILES string of the molecule is CCCOC(=O)[C@@H]([NH3+])Cc1ccc(O)c(O)c1. The summed E-state index contributed by atoms with van der Waals surface area (Å²) in [6, 6.07) is 3.93. The van der Waals surface area contributed by atoms with Gasteiger partial charge in [0.2, 0.25) is 0 Å². The van der Waals surface area contributed by atoms with Gasteiger partial charge < -0.3 is 20.7 Å². The number of hydrogen-bond acceptors (Lipinski definition) is 4. The predicted molar refractivity (Wildman–Crippen MR) is 61.4 cm³/mol. The molecular weight excluding hydrogens is 222 g/mol. The molecule has 0 aliphatic rings. The first-order valence-corrected chi connectivity index (χ1v) is 5.55. The van der Waals surface area contributed by atoms with Crippen molar-refractivity contribution >= 4 is 5.97 Å². The molecule has 0 aliphatic carbocycles. The molecule has 5 nitrogen and oxygen atoms in total. The minimum absolute atomic E-state index is 0.178. The Kier molecular flexibility index (Phi) is 4.78. The van der Waals surface area contributed by atoms with Gasteiger partial charge in [-0.1, -0.05) is 13.0 Å². The van der Waals surface area contributed by atoms with Gasteiger partial charge in [-0.15, -0.1) is 0 Å². The van der Waals surface area contributed by atoms with Crippen LogP contribution in [0.5, 0.6) is 11.5 Å². The fourth-order valence-electron chi connectivity index (χ4n) is 1.38. The second-order valence-corrected chi connectivity index (χ2v) is 3.89. The summed E-state index contributed by atoms with van der Waals surface area (Å²) in [5.74, 6) is -0.723. The van der Waals surface area contributed by atoms with E-state index >= 15 is 0 Å². The van der Waals surface area contributed by atoms with Gasteiger partial charge in [0.15, 0.2) is 17.5 Å². The number of phenols is 2. The van der Waals surface area contributed by atoms with Gasteiger partial charge in [-0.25, -0.2) is 4.79 Å². The van der Waals surface area contributed by atoms with Gasteiger partial charge in [-0.2, -0.15) is 0 Å². The van der Waals surface area contributed by atoms with Gasteiger partial charge in [0, 0.05) is 6.42 Å². The molecule has 0 aromatic heterocycles. The third-order valence-electron chi connectivity index (χ3n) is 2.30. The predicted octanol–water partition coefficient (Wildman–Crippen LogP) is 0.204. The maximum Gasteiger partial charge on any atom is 0.365 e. The molecule has 0 unspecified atom stereocenters. The number of quaternary nitrogens is 1. The highest BCUT2D eigenvalue weighted by Crippen LogP contribution is 2.25. The number of carbonyl (C=O) groups is 1. The number of phenolic OH excluding ortho intramolecular Hbond substituents is 2. The molecule has 1 rings (SSSR count). The van der Waals surface area contributed by atoms with E-state index in [1.807, 2.05) is 6.92 Å². The molecule has 5 N–H and O–H groups in total. The van der Waals surface area contributed by atoms with E-state index < -0.39 is 6.04 Å². The van der Waals surface area contributed by atoms with Gasteiger partial charge in [0.25, 0.3) is 0 Å². The largest absolute Gasteiger partial charge is 0.504 e. The van der Waals surface area contributed by atoms with Gasteiger partial charge in [0.05, 0.1) is 6.61 Å². The number of hydrogen-bond donors (Lipinski definition) is 3. The fraction of sp³-hybridized carbons (Fsp3) is 0.417. The Bertz CT molecular complexity index is 392. The molecule has 1 atom stereocenters. The Morgan fingerprint density at radius 1 is 1.41 bits per heavy atom. The van der Waals surface area contributed by atoms with Crippen LogP contribution in [0.25, 0.3) is 0 Å². The van der Waals surface area contributed by atoms with Crippen molar-refractivity contribution in [3.05, 3.63) is 23.8 Å². The highest BCUT2D eigenvalue weighted by Gasteiger charge is 2.19. The van der Waals surface area contributed by atoms with Crippen LogP contribution in [0.3, 0.4) is 0 Å². The molecule has 0 amide bonds. The third-order valence-corrected chi connectivity index (χ3v) is 2.30. The quantitative estimate of drug-likeness (QED) is 0.506. The lowest BCUT2D eigenvalue weighted by molar-refractivity contribution is -0.407. The van der Waals surface area contributed by atoms with Crippen LogP contribution in [0.1, 0.15) is 18.9 Å². The number of benzene rings is 1. The molecule has 0 saturated heterocycles. The summed E-state index contributed by atoms with van der Waals surface area (Å²) in [5.41, 5.74) is 4.45. The van der Waals surface area contributed by atoms with Crippen LogP contribution in [0.4, 0.5) is 0 Å². The molecule has 0 spiro atoms. The summed E-state index contributed by atoms with van der Waals surface area (Å²) in [7, 11) is 0. The Hall–Kier alpha value is -1.75. The Morgan fingerprint density at radius 2 is 2.12 bits per heavy atom. The summed E-state index contributed by atoms with van der Waals surface area (Å²) in [6.45, 7) is 2.31. The van der Waals surface area contributed by atoms with Crippen LogP contribution in [-0.2, 0) is 16.0 Å². The highest BCUT2D eigenvalue weighted by atomic mass is 16.5. The zero-order valence-electron chi connectivity index (χ0n) is 9.85. The first kappa shape index (κ1) is 13.3. The molecule has 0 heterocycles. The first-order chi connectivity index (χ1) is 8.04. The summed E-state index contributed by atoms with van der Waals surface area (Å²) in [6.07, 6.45) is 1.15. The van der Waals surface area contributed by atoms with Crippen LogP contribution in [-0.4, -0.2) is 28.8 Å². The molecule has 0 aliphatic heterocycles. The van der Waals surface area contributed by atoms with Crippen molar-refractivity contribution < 1.29 is 25.5 Å². The van der Waals surface area contributed by atoms with Crippen molar-refractivity contribution in [1.82, 2.24) is 0 Å². The summed E-state index contributed by atoms with van der Waals surface area (Å²) < 4.78 is 4.97. The highest BCUT2D eigenvalue weighted by molar-refractivity contribution is 5.74. The van der Waals surface area contributed by atoms with Crippen molar-refractivity contribution in [3.63, 3.8) is 0 Å². The number of esters is 1. The van der Waals surface area contributed by atoms with E-state index in [2.05, 4.69) is 5.73 Å². The Balaban J connectivity index is 2.58. The van der Waals surface area contributed by atoms with E-state index in [9.17, 15) is 9.90 Å². The monoisotopic (exact) mass is 240 g/mol.